The summed E-state index contributed by atoms with van der Waals surface area (Å²) in [5.74, 6) is -0.875. The summed E-state index contributed by atoms with van der Waals surface area (Å²) >= 11 is 0. The molecule has 9 heteroatoms. The van der Waals surface area contributed by atoms with Crippen LogP contribution in [0.1, 0.15) is 16.7 Å². The van der Waals surface area contributed by atoms with Crippen LogP contribution in [0.4, 0.5) is 13.2 Å². The Morgan fingerprint density at radius 3 is 2.05 bits per heavy atom. The van der Waals surface area contributed by atoms with Gasteiger partial charge in [-0.15, -0.1) is 0 Å². The van der Waals surface area contributed by atoms with E-state index in [0.717, 1.165) is 17.7 Å². The largest absolute Gasteiger partial charge is 0.489 e. The van der Waals surface area contributed by atoms with Crippen LogP contribution >= 0.6 is 0 Å². The summed E-state index contributed by atoms with van der Waals surface area (Å²) in [4.78, 5) is 24.1. The molecule has 2 N–H and O–H groups in total. The minimum atomic E-state index is -4.44. The molecule has 4 rings (SSSR count). The van der Waals surface area contributed by atoms with Crippen molar-refractivity contribution in [1.29, 1.82) is 0 Å². The van der Waals surface area contributed by atoms with Gasteiger partial charge < -0.3 is 19.9 Å². The third kappa shape index (κ3) is 8.10. The molecule has 0 spiro atoms. The Morgan fingerprint density at radius 2 is 1.40 bits per heavy atom. The highest BCUT2D eigenvalue weighted by molar-refractivity contribution is 5.84. The van der Waals surface area contributed by atoms with Crippen LogP contribution in [0.5, 0.6) is 11.5 Å². The van der Waals surface area contributed by atoms with E-state index in [2.05, 4.69) is 5.32 Å². The number of alkyl halides is 3. The van der Waals surface area contributed by atoms with E-state index < -0.39 is 36.3 Å². The first kappa shape index (κ1) is 28.2. The number of rotatable bonds is 11. The molecular weight excluding hydrogens is 523 g/mol. The standard InChI is InChI=1S/C31H26F3NO5/c32-31(33,34)25-8-4-7-24(18-25)23-11-15-27(16-12-23)40-20-29(36)35-28(30(37)38)17-21-9-13-26(14-10-21)39-19-22-5-2-1-3-6-22/h1-16,18,28H,17,19-20H2,(H,35,36)(H,37,38)/t28-/m0/s1. The first-order valence-electron chi connectivity index (χ1n) is 12.4. The average molecular weight is 550 g/mol. The summed E-state index contributed by atoms with van der Waals surface area (Å²) in [6.07, 6.45) is -4.38. The molecule has 0 aromatic heterocycles. The minimum absolute atomic E-state index is 0.0612. The Kier molecular flexibility index (Phi) is 9.06. The third-order valence-electron chi connectivity index (χ3n) is 5.99. The van der Waals surface area contributed by atoms with E-state index >= 15 is 0 Å². The lowest BCUT2D eigenvalue weighted by molar-refractivity contribution is -0.142. The zero-order chi connectivity index (χ0) is 28.5. The molecule has 0 aliphatic carbocycles. The number of hydrogen-bond acceptors (Lipinski definition) is 4. The van der Waals surface area contributed by atoms with Gasteiger partial charge in [0, 0.05) is 6.42 Å². The Balaban J connectivity index is 1.28. The van der Waals surface area contributed by atoms with Gasteiger partial charge in [0.15, 0.2) is 6.61 Å². The molecule has 6 nitrogen and oxygen atoms in total. The fourth-order valence-electron chi connectivity index (χ4n) is 3.90. The number of carbonyl (C=O) groups excluding carboxylic acids is 1. The van der Waals surface area contributed by atoms with Gasteiger partial charge >= 0.3 is 12.1 Å². The molecule has 40 heavy (non-hydrogen) atoms. The summed E-state index contributed by atoms with van der Waals surface area (Å²) < 4.78 is 50.1. The SMILES string of the molecule is O=C(COc1ccc(-c2cccc(C(F)(F)F)c2)cc1)N[C@@H](Cc1ccc(OCc2ccccc2)cc1)C(=O)O. The maximum absolute atomic E-state index is 13.0. The zero-order valence-electron chi connectivity index (χ0n) is 21.2. The summed E-state index contributed by atoms with van der Waals surface area (Å²) in [5.41, 5.74) is 1.91. The number of halogens is 3. The van der Waals surface area contributed by atoms with Crippen molar-refractivity contribution in [3.8, 4) is 22.6 Å². The highest BCUT2D eigenvalue weighted by atomic mass is 19.4. The van der Waals surface area contributed by atoms with Crippen molar-refractivity contribution in [2.75, 3.05) is 6.61 Å². The molecule has 0 saturated carbocycles. The molecule has 0 heterocycles. The second-order valence-electron chi connectivity index (χ2n) is 8.97. The number of carboxylic acids is 1. The lowest BCUT2D eigenvalue weighted by atomic mass is 10.0. The third-order valence-corrected chi connectivity index (χ3v) is 5.99. The van der Waals surface area contributed by atoms with E-state index in [0.29, 0.717) is 34.8 Å². The number of hydrogen-bond donors (Lipinski definition) is 2. The lowest BCUT2D eigenvalue weighted by Crippen LogP contribution is -2.44. The van der Waals surface area contributed by atoms with Crippen LogP contribution in [-0.2, 0) is 28.8 Å². The van der Waals surface area contributed by atoms with Gasteiger partial charge in [0.25, 0.3) is 5.91 Å². The summed E-state index contributed by atoms with van der Waals surface area (Å²) in [6, 6.07) is 26.6. The monoisotopic (exact) mass is 549 g/mol. The van der Waals surface area contributed by atoms with Crippen LogP contribution in [0.25, 0.3) is 11.1 Å². The van der Waals surface area contributed by atoms with Crippen LogP contribution in [0.2, 0.25) is 0 Å². The zero-order valence-corrected chi connectivity index (χ0v) is 21.2. The Morgan fingerprint density at radius 1 is 0.750 bits per heavy atom. The molecule has 0 unspecified atom stereocenters. The predicted molar refractivity (Wildman–Crippen MR) is 143 cm³/mol. The quantitative estimate of drug-likeness (QED) is 0.235. The molecule has 0 aliphatic heterocycles. The van der Waals surface area contributed by atoms with Crippen molar-refractivity contribution in [1.82, 2.24) is 5.32 Å². The second-order valence-corrected chi connectivity index (χ2v) is 8.97. The summed E-state index contributed by atoms with van der Waals surface area (Å²) in [5, 5.41) is 12.0. The number of benzene rings is 4. The minimum Gasteiger partial charge on any atom is -0.489 e. The highest BCUT2D eigenvalue weighted by Gasteiger charge is 2.30. The van der Waals surface area contributed by atoms with Gasteiger partial charge in [-0.05, 0) is 58.7 Å². The molecule has 4 aromatic rings. The molecule has 1 amide bonds. The smallest absolute Gasteiger partial charge is 0.416 e. The maximum atomic E-state index is 13.0. The Bertz CT molecular complexity index is 1420. The number of ether oxygens (including phenoxy) is 2. The molecule has 1 atom stereocenters. The second kappa shape index (κ2) is 12.8. The fraction of sp³-hybridized carbons (Fsp3) is 0.161. The number of nitrogens with one attached hydrogen (secondary N) is 1. The van der Waals surface area contributed by atoms with Crippen molar-refractivity contribution < 1.29 is 37.3 Å². The molecule has 0 aliphatic rings. The topological polar surface area (TPSA) is 84.9 Å². The average Bonchev–Trinajstić information content (AvgIpc) is 2.96. The molecule has 206 valence electrons. The summed E-state index contributed by atoms with van der Waals surface area (Å²) in [7, 11) is 0. The van der Waals surface area contributed by atoms with Crippen LogP contribution in [0.15, 0.2) is 103 Å². The van der Waals surface area contributed by atoms with Gasteiger partial charge in [-0.3, -0.25) is 4.79 Å². The van der Waals surface area contributed by atoms with E-state index in [1.54, 1.807) is 42.5 Å². The van der Waals surface area contributed by atoms with Gasteiger partial charge in [-0.2, -0.15) is 13.2 Å². The van der Waals surface area contributed by atoms with Crippen LogP contribution in [-0.4, -0.2) is 29.6 Å². The lowest BCUT2D eigenvalue weighted by Gasteiger charge is -2.15. The molecule has 0 fully saturated rings. The molecule has 4 aromatic carbocycles. The fourth-order valence-corrected chi connectivity index (χ4v) is 3.90. The van der Waals surface area contributed by atoms with Crippen molar-refractivity contribution in [2.24, 2.45) is 0 Å². The molecule has 0 radical (unpaired) electrons. The Hall–Kier alpha value is -4.79. The van der Waals surface area contributed by atoms with Gasteiger partial charge in [-0.25, -0.2) is 4.79 Å². The first-order chi connectivity index (χ1) is 19.2. The van der Waals surface area contributed by atoms with E-state index in [1.807, 2.05) is 30.3 Å². The highest BCUT2D eigenvalue weighted by Crippen LogP contribution is 2.32. The number of aliphatic carboxylic acids is 1. The number of amides is 1. The van der Waals surface area contributed by atoms with E-state index in [-0.39, 0.29) is 6.42 Å². The first-order valence-corrected chi connectivity index (χ1v) is 12.4. The van der Waals surface area contributed by atoms with Gasteiger partial charge in [0.1, 0.15) is 24.1 Å². The normalized spacial score (nSPS) is 11.9. The molecule has 0 saturated heterocycles. The Labute approximate surface area is 229 Å². The number of carbonyl (C=O) groups is 2. The van der Waals surface area contributed by atoms with Crippen LogP contribution in [0.3, 0.4) is 0 Å². The van der Waals surface area contributed by atoms with Gasteiger partial charge in [0.05, 0.1) is 5.56 Å². The van der Waals surface area contributed by atoms with E-state index in [9.17, 15) is 27.9 Å². The predicted octanol–water partition coefficient (Wildman–Crippen LogP) is 6.14. The van der Waals surface area contributed by atoms with Crippen LogP contribution in [0, 0.1) is 0 Å². The van der Waals surface area contributed by atoms with E-state index in [1.165, 1.54) is 18.2 Å². The van der Waals surface area contributed by atoms with Crippen molar-refractivity contribution >= 4 is 11.9 Å². The van der Waals surface area contributed by atoms with E-state index in [4.69, 9.17) is 9.47 Å². The molecular formula is C31H26F3NO5. The maximum Gasteiger partial charge on any atom is 0.416 e. The van der Waals surface area contributed by atoms with Gasteiger partial charge in [0.2, 0.25) is 0 Å². The number of carboxylic acid groups (broad SMARTS) is 1. The summed E-state index contributed by atoms with van der Waals surface area (Å²) in [6.45, 7) is -0.0269. The van der Waals surface area contributed by atoms with Gasteiger partial charge in [-0.1, -0.05) is 66.7 Å². The van der Waals surface area contributed by atoms with Crippen molar-refractivity contribution in [3.05, 3.63) is 120 Å². The van der Waals surface area contributed by atoms with Crippen molar-refractivity contribution in [3.63, 3.8) is 0 Å². The van der Waals surface area contributed by atoms with Crippen molar-refractivity contribution in [2.45, 2.75) is 25.2 Å². The molecule has 0 bridgehead atoms. The van der Waals surface area contributed by atoms with Crippen LogP contribution < -0.4 is 14.8 Å².